The fraction of sp³-hybridized carbons (Fsp3) is 0.0714. The Balaban J connectivity index is 2.28. The maximum absolute atomic E-state index is 12.3. The van der Waals surface area contributed by atoms with Crippen molar-refractivity contribution in [1.82, 2.24) is 0 Å². The van der Waals surface area contributed by atoms with Crippen LogP contribution in [0.25, 0.3) is 0 Å². The minimum Gasteiger partial charge on any atom is -0.324 e. The number of nitrogen functional groups attached to an aromatic ring is 1. The van der Waals surface area contributed by atoms with E-state index in [0.29, 0.717) is 20.7 Å². The number of nitrogens with two attached hydrogens (primary N) is 1. The molecule has 7 heteroatoms. The normalized spacial score (nSPS) is 10.3. The van der Waals surface area contributed by atoms with Crippen LogP contribution < -0.4 is 16.6 Å². The van der Waals surface area contributed by atoms with E-state index in [4.69, 9.17) is 29.0 Å². The zero-order valence-electron chi connectivity index (χ0n) is 11.0. The van der Waals surface area contributed by atoms with Crippen LogP contribution in [0.1, 0.15) is 15.9 Å². The molecule has 0 fully saturated rings. The molecule has 2 rings (SSSR count). The highest BCUT2D eigenvalue weighted by atomic mass is 79.9. The molecular weight excluding hydrogens is 377 g/mol. The maximum Gasteiger partial charge on any atom is 0.255 e. The van der Waals surface area contributed by atoms with Crippen LogP contribution in [-0.4, -0.2) is 5.91 Å². The van der Waals surface area contributed by atoms with Crippen molar-refractivity contribution in [3.05, 3.63) is 56.0 Å². The van der Waals surface area contributed by atoms with Crippen molar-refractivity contribution in [3.8, 4) is 0 Å². The SMILES string of the molecule is Cc1cc(NN)ccc1C(=O)Nc1ccc(Br)c(Cl)c1Cl. The monoisotopic (exact) mass is 387 g/mol. The first-order chi connectivity index (χ1) is 9.93. The first-order valence-corrected chi connectivity index (χ1v) is 7.51. The molecule has 21 heavy (non-hydrogen) atoms. The van der Waals surface area contributed by atoms with Crippen molar-refractivity contribution in [3.63, 3.8) is 0 Å². The predicted molar refractivity (Wildman–Crippen MR) is 91.1 cm³/mol. The summed E-state index contributed by atoms with van der Waals surface area (Å²) >= 11 is 15.4. The molecule has 0 saturated carbocycles. The smallest absolute Gasteiger partial charge is 0.255 e. The molecule has 0 spiro atoms. The molecule has 0 aliphatic carbocycles. The molecule has 0 bridgehead atoms. The number of hydrogen-bond acceptors (Lipinski definition) is 3. The number of aryl methyl sites for hydroxylation is 1. The van der Waals surface area contributed by atoms with Gasteiger partial charge in [0.15, 0.2) is 0 Å². The van der Waals surface area contributed by atoms with Crippen LogP contribution in [0.5, 0.6) is 0 Å². The van der Waals surface area contributed by atoms with E-state index in [1.165, 1.54) is 0 Å². The van der Waals surface area contributed by atoms with E-state index in [-0.39, 0.29) is 10.9 Å². The van der Waals surface area contributed by atoms with Gasteiger partial charge >= 0.3 is 0 Å². The van der Waals surface area contributed by atoms with Gasteiger partial charge in [-0.05, 0) is 58.7 Å². The lowest BCUT2D eigenvalue weighted by Gasteiger charge is -2.11. The van der Waals surface area contributed by atoms with Gasteiger partial charge in [-0.2, -0.15) is 0 Å². The minimum absolute atomic E-state index is 0.267. The highest BCUT2D eigenvalue weighted by Gasteiger charge is 2.14. The molecule has 4 N–H and O–H groups in total. The molecule has 4 nitrogen and oxygen atoms in total. The third-order valence-electron chi connectivity index (χ3n) is 2.92. The second-order valence-corrected chi connectivity index (χ2v) is 5.96. The van der Waals surface area contributed by atoms with Gasteiger partial charge in [-0.25, -0.2) is 0 Å². The molecule has 0 unspecified atom stereocenters. The number of rotatable bonds is 3. The Morgan fingerprint density at radius 3 is 2.52 bits per heavy atom. The highest BCUT2D eigenvalue weighted by Crippen LogP contribution is 2.36. The molecule has 1 amide bonds. The van der Waals surface area contributed by atoms with Crippen LogP contribution in [-0.2, 0) is 0 Å². The lowest BCUT2D eigenvalue weighted by Crippen LogP contribution is -2.14. The third kappa shape index (κ3) is 3.49. The molecular formula is C14H12BrCl2N3O. The van der Waals surface area contributed by atoms with E-state index < -0.39 is 0 Å². The molecule has 0 heterocycles. The molecule has 0 aromatic heterocycles. The topological polar surface area (TPSA) is 67.1 Å². The van der Waals surface area contributed by atoms with Crippen LogP contribution >= 0.6 is 39.1 Å². The fourth-order valence-electron chi connectivity index (χ4n) is 1.82. The molecule has 0 atom stereocenters. The number of carbonyl (C=O) groups excluding carboxylic acids is 1. The van der Waals surface area contributed by atoms with Crippen molar-refractivity contribution in [1.29, 1.82) is 0 Å². The number of halogens is 3. The average Bonchev–Trinajstić information content (AvgIpc) is 2.47. The van der Waals surface area contributed by atoms with Crippen LogP contribution in [0.2, 0.25) is 10.0 Å². The quantitative estimate of drug-likeness (QED) is 0.408. The van der Waals surface area contributed by atoms with Crippen molar-refractivity contribution in [2.45, 2.75) is 6.92 Å². The molecule has 110 valence electrons. The number of hydrazine groups is 1. The molecule has 0 aliphatic rings. The Morgan fingerprint density at radius 2 is 1.90 bits per heavy atom. The summed E-state index contributed by atoms with van der Waals surface area (Å²) in [5.74, 6) is 5.06. The van der Waals surface area contributed by atoms with Crippen LogP contribution in [0.4, 0.5) is 11.4 Å². The van der Waals surface area contributed by atoms with E-state index in [1.54, 1.807) is 30.3 Å². The lowest BCUT2D eigenvalue weighted by atomic mass is 10.1. The summed E-state index contributed by atoms with van der Waals surface area (Å²) in [6.07, 6.45) is 0. The Kier molecular flexibility index (Phi) is 5.11. The number of carbonyl (C=O) groups is 1. The largest absolute Gasteiger partial charge is 0.324 e. The number of nitrogens with one attached hydrogen (secondary N) is 2. The van der Waals surface area contributed by atoms with Crippen molar-refractivity contribution in [2.75, 3.05) is 10.7 Å². The van der Waals surface area contributed by atoms with Gasteiger partial charge in [-0.1, -0.05) is 23.2 Å². The number of hydrogen-bond donors (Lipinski definition) is 3. The molecule has 0 radical (unpaired) electrons. The second-order valence-electron chi connectivity index (χ2n) is 4.35. The Bertz CT molecular complexity index is 707. The van der Waals surface area contributed by atoms with Gasteiger partial charge < -0.3 is 10.7 Å². The van der Waals surface area contributed by atoms with E-state index in [9.17, 15) is 4.79 Å². The summed E-state index contributed by atoms with van der Waals surface area (Å²) < 4.78 is 0.668. The zero-order chi connectivity index (χ0) is 15.6. The van der Waals surface area contributed by atoms with Gasteiger partial charge in [0.2, 0.25) is 0 Å². The van der Waals surface area contributed by atoms with E-state index in [2.05, 4.69) is 26.7 Å². The molecule has 2 aromatic rings. The summed E-state index contributed by atoms with van der Waals surface area (Å²) in [6, 6.07) is 8.59. The molecule has 0 aliphatic heterocycles. The van der Waals surface area contributed by atoms with E-state index in [0.717, 1.165) is 11.3 Å². The van der Waals surface area contributed by atoms with Crippen LogP contribution in [0, 0.1) is 6.92 Å². The summed E-state index contributed by atoms with van der Waals surface area (Å²) in [6.45, 7) is 1.83. The lowest BCUT2D eigenvalue weighted by molar-refractivity contribution is 0.102. The maximum atomic E-state index is 12.3. The molecule has 0 saturated heterocycles. The van der Waals surface area contributed by atoms with Gasteiger partial charge in [0.1, 0.15) is 0 Å². The van der Waals surface area contributed by atoms with Crippen LogP contribution in [0.3, 0.4) is 0 Å². The van der Waals surface area contributed by atoms with Gasteiger partial charge in [0.05, 0.1) is 15.7 Å². The van der Waals surface area contributed by atoms with Gasteiger partial charge in [0.25, 0.3) is 5.91 Å². The number of amides is 1. The van der Waals surface area contributed by atoms with Crippen molar-refractivity contribution < 1.29 is 4.79 Å². The van der Waals surface area contributed by atoms with E-state index >= 15 is 0 Å². The summed E-state index contributed by atoms with van der Waals surface area (Å²) in [4.78, 5) is 12.3. The second kappa shape index (κ2) is 6.66. The fourth-order valence-corrected chi connectivity index (χ4v) is 2.64. The highest BCUT2D eigenvalue weighted by molar-refractivity contribution is 9.10. The van der Waals surface area contributed by atoms with Gasteiger partial charge in [-0.3, -0.25) is 10.6 Å². The van der Waals surface area contributed by atoms with Crippen molar-refractivity contribution in [2.24, 2.45) is 5.84 Å². The first kappa shape index (κ1) is 16.1. The van der Waals surface area contributed by atoms with E-state index in [1.807, 2.05) is 6.92 Å². The van der Waals surface area contributed by atoms with Gasteiger partial charge in [-0.15, -0.1) is 0 Å². The summed E-state index contributed by atoms with van der Waals surface area (Å²) in [7, 11) is 0. The Morgan fingerprint density at radius 1 is 1.19 bits per heavy atom. The first-order valence-electron chi connectivity index (χ1n) is 5.96. The summed E-state index contributed by atoms with van der Waals surface area (Å²) in [5, 5.41) is 3.39. The van der Waals surface area contributed by atoms with Crippen LogP contribution in [0.15, 0.2) is 34.8 Å². The Hall–Kier alpha value is -1.27. The predicted octanol–water partition coefficient (Wildman–Crippen LogP) is 4.60. The number of anilines is 2. The number of benzene rings is 2. The van der Waals surface area contributed by atoms with Gasteiger partial charge in [0, 0.05) is 15.7 Å². The van der Waals surface area contributed by atoms with Crippen molar-refractivity contribution >= 4 is 56.4 Å². The zero-order valence-corrected chi connectivity index (χ0v) is 14.1. The summed E-state index contributed by atoms with van der Waals surface area (Å²) in [5.41, 5.74) is 5.04. The molecule has 2 aromatic carbocycles. The standard InChI is InChI=1S/C14H12BrCl2N3O/c1-7-6-8(20-18)2-3-9(7)14(21)19-11-5-4-10(15)12(16)13(11)17/h2-6,20H,18H2,1H3,(H,19,21). The minimum atomic E-state index is -0.267. The average molecular weight is 389 g/mol. The third-order valence-corrected chi connectivity index (χ3v) is 4.69. The Labute approximate surface area is 140 Å².